The summed E-state index contributed by atoms with van der Waals surface area (Å²) < 4.78 is 22.1. The van der Waals surface area contributed by atoms with Crippen molar-refractivity contribution in [2.24, 2.45) is 5.41 Å². The van der Waals surface area contributed by atoms with Crippen LogP contribution in [-0.4, -0.2) is 41.1 Å². The Labute approximate surface area is 152 Å². The summed E-state index contributed by atoms with van der Waals surface area (Å²) in [5.41, 5.74) is -1.42. The molecule has 142 valence electrons. The zero-order chi connectivity index (χ0) is 20.8. The van der Waals surface area contributed by atoms with Crippen LogP contribution in [0.5, 0.6) is 0 Å². The molecule has 2 atom stereocenters. The number of carbonyl (C=O) groups excluding carboxylic acids is 1. The van der Waals surface area contributed by atoms with E-state index in [1.807, 2.05) is 0 Å². The normalized spacial score (nSPS) is 15.2. The lowest BCUT2D eigenvalue weighted by molar-refractivity contribution is -0.149. The Hall–Kier alpha value is -2.74. The molecule has 1 rings (SSSR count). The molecule has 0 radical (unpaired) electrons. The molecule has 0 heterocycles. The Balaban J connectivity index is 0.000000541. The van der Waals surface area contributed by atoms with Crippen molar-refractivity contribution in [1.29, 1.82) is 0 Å². The average Bonchev–Trinajstić information content (AvgIpc) is 2.60. The topological polar surface area (TPSA) is 126 Å². The molecular weight excluding hydrogens is 360 g/mol. The van der Waals surface area contributed by atoms with Crippen LogP contribution < -0.4 is 0 Å². The number of hydrogen-bond acceptors (Lipinski definition) is 5. The van der Waals surface area contributed by atoms with E-state index in [4.69, 9.17) is 10.2 Å². The van der Waals surface area contributed by atoms with Crippen LogP contribution in [0.1, 0.15) is 20.8 Å². The zero-order valence-electron chi connectivity index (χ0n) is 14.8. The molecule has 0 aliphatic carbocycles. The van der Waals surface area contributed by atoms with Gasteiger partial charge in [-0.3, -0.25) is 14.4 Å². The van der Waals surface area contributed by atoms with E-state index in [2.05, 4.69) is 13.2 Å². The van der Waals surface area contributed by atoms with Crippen molar-refractivity contribution in [1.82, 2.24) is 0 Å². The summed E-state index contributed by atoms with van der Waals surface area (Å²) in [7, 11) is -3.97. The summed E-state index contributed by atoms with van der Waals surface area (Å²) in [6.07, 6.45) is 2.06. The number of carboxylic acid groups (broad SMARTS) is 2. The third kappa shape index (κ3) is 4.45. The fraction of sp³-hybridized carbons (Fsp3) is 0.278. The maximum Gasteiger partial charge on any atom is 0.329 e. The van der Waals surface area contributed by atoms with Crippen LogP contribution in [0, 0.1) is 5.41 Å². The van der Waals surface area contributed by atoms with Gasteiger partial charge in [0.25, 0.3) is 0 Å². The second-order valence-corrected chi connectivity index (χ2v) is 8.03. The number of hydrogen-bond donors (Lipinski definition) is 2. The Morgan fingerprint density at radius 3 is 1.65 bits per heavy atom. The van der Waals surface area contributed by atoms with Crippen LogP contribution >= 0.6 is 0 Å². The highest BCUT2D eigenvalue weighted by Crippen LogP contribution is 2.26. The fourth-order valence-electron chi connectivity index (χ4n) is 1.54. The third-order valence-corrected chi connectivity index (χ3v) is 6.36. The van der Waals surface area contributed by atoms with Gasteiger partial charge in [-0.25, -0.2) is 8.42 Å². The monoisotopic (exact) mass is 382 g/mol. The number of Topliss-reactive ketones (excluding diaryl/α,β-unsaturated/α-hetero) is 1. The number of benzene rings is 1. The molecular formula is C18H22O7S. The number of aliphatic carboxylic acids is 2. The van der Waals surface area contributed by atoms with E-state index in [9.17, 15) is 22.8 Å². The Kier molecular flexibility index (Phi) is 7.67. The number of sulfone groups is 1. The van der Waals surface area contributed by atoms with Crippen LogP contribution in [0.2, 0.25) is 0 Å². The van der Waals surface area contributed by atoms with Crippen molar-refractivity contribution in [2.75, 3.05) is 0 Å². The van der Waals surface area contributed by atoms with Crippen molar-refractivity contribution >= 4 is 27.6 Å². The van der Waals surface area contributed by atoms with E-state index in [0.717, 1.165) is 19.1 Å². The van der Waals surface area contributed by atoms with Crippen LogP contribution in [0.15, 0.2) is 60.5 Å². The van der Waals surface area contributed by atoms with Gasteiger partial charge in [-0.1, -0.05) is 30.4 Å². The molecule has 0 amide bonds. The maximum absolute atomic E-state index is 12.1. The maximum atomic E-state index is 12.1. The summed E-state index contributed by atoms with van der Waals surface area (Å²) >= 11 is 0. The molecule has 1 aromatic carbocycles. The average molecular weight is 382 g/mol. The van der Waals surface area contributed by atoms with E-state index in [1.165, 1.54) is 38.1 Å². The first-order valence-corrected chi connectivity index (χ1v) is 8.84. The molecule has 2 N–H and O–H groups in total. The Morgan fingerprint density at radius 1 is 0.962 bits per heavy atom. The van der Waals surface area contributed by atoms with Gasteiger partial charge in [0.05, 0.1) is 4.90 Å². The number of ketones is 1. The van der Waals surface area contributed by atoms with E-state index in [-0.39, 0.29) is 4.90 Å². The largest absolute Gasteiger partial charge is 0.480 e. The second-order valence-electron chi connectivity index (χ2n) is 5.70. The highest BCUT2D eigenvalue weighted by molar-refractivity contribution is 7.93. The van der Waals surface area contributed by atoms with Crippen molar-refractivity contribution in [3.63, 3.8) is 0 Å². The molecule has 0 saturated heterocycles. The molecule has 8 heteroatoms. The first-order chi connectivity index (χ1) is 11.8. The number of rotatable bonds is 7. The molecule has 0 fully saturated rings. The Bertz CT molecular complexity index is 795. The Morgan fingerprint density at radius 2 is 1.42 bits per heavy atom. The van der Waals surface area contributed by atoms with E-state index in [0.29, 0.717) is 0 Å². The molecule has 0 aliphatic rings. The molecule has 0 bridgehead atoms. The van der Waals surface area contributed by atoms with E-state index >= 15 is 0 Å². The minimum absolute atomic E-state index is 0.0280. The van der Waals surface area contributed by atoms with Gasteiger partial charge in [0.2, 0.25) is 0 Å². The van der Waals surface area contributed by atoms with E-state index in [1.54, 1.807) is 6.07 Å². The van der Waals surface area contributed by atoms with Crippen molar-refractivity contribution in [2.45, 2.75) is 30.4 Å². The van der Waals surface area contributed by atoms with Gasteiger partial charge in [-0.05, 0) is 32.9 Å². The molecule has 2 unspecified atom stereocenters. The standard InChI is InChI=1S/C11H12O4S.C7H10O3/c1-3-11(2,10(12)13)16(14,15)9-7-5-4-6-8-9;1-4-7(3,5(2)8)6(9)10/h3-8H,1H2,2H3,(H,12,13);4H,1H2,2-3H3,(H,9,10). The fourth-order valence-corrected chi connectivity index (χ4v) is 2.99. The second kappa shape index (κ2) is 8.57. The summed E-state index contributed by atoms with van der Waals surface area (Å²) in [6.45, 7) is 10.2. The van der Waals surface area contributed by atoms with Gasteiger partial charge in [0.15, 0.2) is 20.4 Å². The summed E-state index contributed by atoms with van der Waals surface area (Å²) in [5.74, 6) is -3.00. The van der Waals surface area contributed by atoms with Gasteiger partial charge in [-0.2, -0.15) is 0 Å². The molecule has 1 aromatic rings. The van der Waals surface area contributed by atoms with Crippen LogP contribution in [0.25, 0.3) is 0 Å². The highest BCUT2D eigenvalue weighted by Gasteiger charge is 2.44. The lowest BCUT2D eigenvalue weighted by Crippen LogP contribution is -2.41. The summed E-state index contributed by atoms with van der Waals surface area (Å²) in [4.78, 5) is 32.1. The first-order valence-electron chi connectivity index (χ1n) is 7.36. The van der Waals surface area contributed by atoms with E-state index < -0.39 is 37.7 Å². The molecule has 0 aliphatic heterocycles. The van der Waals surface area contributed by atoms with Crippen LogP contribution in [0.3, 0.4) is 0 Å². The molecule has 26 heavy (non-hydrogen) atoms. The van der Waals surface area contributed by atoms with Crippen LogP contribution in [-0.2, 0) is 24.2 Å². The van der Waals surface area contributed by atoms with Gasteiger partial charge >= 0.3 is 11.9 Å². The highest BCUT2D eigenvalue weighted by atomic mass is 32.2. The predicted octanol–water partition coefficient (Wildman–Crippen LogP) is 2.34. The lowest BCUT2D eigenvalue weighted by Gasteiger charge is -2.20. The van der Waals surface area contributed by atoms with Crippen molar-refractivity contribution in [3.05, 3.63) is 55.6 Å². The lowest BCUT2D eigenvalue weighted by atomic mass is 9.87. The number of carbonyl (C=O) groups is 3. The van der Waals surface area contributed by atoms with Gasteiger partial charge in [-0.15, -0.1) is 13.2 Å². The minimum Gasteiger partial charge on any atom is -0.480 e. The predicted molar refractivity (Wildman–Crippen MR) is 96.5 cm³/mol. The SMILES string of the molecule is C=CC(C)(C(=O)O)S(=O)(=O)c1ccccc1.C=CC(C)(C(C)=O)C(=O)O. The summed E-state index contributed by atoms with van der Waals surface area (Å²) in [6, 6.07) is 7.46. The quantitative estimate of drug-likeness (QED) is 0.547. The third-order valence-electron chi connectivity index (χ3n) is 4.01. The zero-order valence-corrected chi connectivity index (χ0v) is 15.6. The van der Waals surface area contributed by atoms with Gasteiger partial charge in [0, 0.05) is 0 Å². The minimum atomic E-state index is -3.97. The van der Waals surface area contributed by atoms with Gasteiger partial charge < -0.3 is 10.2 Å². The summed E-state index contributed by atoms with van der Waals surface area (Å²) in [5, 5.41) is 17.5. The number of carboxylic acids is 2. The van der Waals surface area contributed by atoms with Gasteiger partial charge in [0.1, 0.15) is 5.41 Å². The molecule has 0 saturated carbocycles. The molecule has 0 aromatic heterocycles. The first kappa shape index (κ1) is 23.3. The van der Waals surface area contributed by atoms with Crippen molar-refractivity contribution in [3.8, 4) is 0 Å². The molecule has 0 spiro atoms. The van der Waals surface area contributed by atoms with Crippen LogP contribution in [0.4, 0.5) is 0 Å². The van der Waals surface area contributed by atoms with Crippen molar-refractivity contribution < 1.29 is 33.0 Å². The molecule has 7 nitrogen and oxygen atoms in total. The smallest absolute Gasteiger partial charge is 0.329 e.